The highest BCUT2D eigenvalue weighted by Gasteiger charge is 2.22. The number of nitrogens with zero attached hydrogens (tertiary/aromatic N) is 3. The Morgan fingerprint density at radius 1 is 1.13 bits per heavy atom. The Labute approximate surface area is 186 Å². The van der Waals surface area contributed by atoms with Crippen molar-refractivity contribution in [3.63, 3.8) is 0 Å². The van der Waals surface area contributed by atoms with Crippen LogP contribution >= 0.6 is 11.3 Å². The van der Waals surface area contributed by atoms with Crippen LogP contribution in [0.5, 0.6) is 5.75 Å². The second kappa shape index (κ2) is 9.71. The number of aryl methyl sites for hydroxylation is 1. The molecule has 6 heteroatoms. The minimum Gasteiger partial charge on any atom is -0.494 e. The fourth-order valence-electron chi connectivity index (χ4n) is 3.22. The normalized spacial score (nSPS) is 10.9. The van der Waals surface area contributed by atoms with Gasteiger partial charge in [0, 0.05) is 18.0 Å². The Morgan fingerprint density at radius 2 is 1.97 bits per heavy atom. The average Bonchev–Trinajstić information content (AvgIpc) is 3.21. The van der Waals surface area contributed by atoms with Gasteiger partial charge in [-0.15, -0.1) is 0 Å². The lowest BCUT2D eigenvalue weighted by molar-refractivity contribution is 0.0985. The number of benzene rings is 2. The number of rotatable bonds is 8. The Bertz CT molecular complexity index is 1160. The van der Waals surface area contributed by atoms with Gasteiger partial charge < -0.3 is 4.74 Å². The monoisotopic (exact) mass is 431 g/mol. The number of hydrogen-bond donors (Lipinski definition) is 0. The first-order valence-electron chi connectivity index (χ1n) is 10.4. The molecule has 0 saturated heterocycles. The predicted octanol–water partition coefficient (Wildman–Crippen LogP) is 6.03. The first-order valence-corrected chi connectivity index (χ1v) is 11.3. The lowest BCUT2D eigenvalue weighted by Crippen LogP contribution is -2.30. The summed E-state index contributed by atoms with van der Waals surface area (Å²) in [5, 5.41) is 0.678. The number of unbranched alkanes of at least 4 members (excludes halogenated alkanes) is 1. The number of pyridine rings is 1. The highest BCUT2D eigenvalue weighted by atomic mass is 32.1. The quantitative estimate of drug-likeness (QED) is 0.320. The van der Waals surface area contributed by atoms with Crippen LogP contribution in [0.15, 0.2) is 67.0 Å². The minimum absolute atomic E-state index is 0.0975. The van der Waals surface area contributed by atoms with Gasteiger partial charge in [-0.3, -0.25) is 14.7 Å². The molecule has 0 aliphatic carbocycles. The zero-order valence-electron chi connectivity index (χ0n) is 17.7. The zero-order valence-corrected chi connectivity index (χ0v) is 18.6. The number of ether oxygens (including phenoxy) is 1. The number of aromatic nitrogens is 2. The molecule has 4 rings (SSSR count). The van der Waals surface area contributed by atoms with Crippen LogP contribution in [-0.4, -0.2) is 22.5 Å². The summed E-state index contributed by atoms with van der Waals surface area (Å²) in [6.07, 6.45) is 5.61. The molecular formula is C25H25N3O2S. The Morgan fingerprint density at radius 3 is 2.71 bits per heavy atom. The van der Waals surface area contributed by atoms with E-state index in [9.17, 15) is 4.79 Å². The standard InChI is InChI=1S/C25H25N3O2S/c1-3-4-14-30-21-10-8-20(9-11-21)24(29)28(17-19-6-5-13-26-16-19)25-27-22-12-7-18(2)15-23(22)31-25/h5-13,15-16H,3-4,14,17H2,1-2H3. The highest BCUT2D eigenvalue weighted by molar-refractivity contribution is 7.22. The third-order valence-electron chi connectivity index (χ3n) is 4.94. The van der Waals surface area contributed by atoms with Crippen molar-refractivity contribution in [2.45, 2.75) is 33.2 Å². The summed E-state index contributed by atoms with van der Waals surface area (Å²) in [5.74, 6) is 0.680. The third-order valence-corrected chi connectivity index (χ3v) is 5.98. The molecule has 5 nitrogen and oxygen atoms in total. The minimum atomic E-state index is -0.0975. The molecule has 2 aromatic carbocycles. The lowest BCUT2D eigenvalue weighted by Gasteiger charge is -2.20. The third kappa shape index (κ3) is 5.09. The second-order valence-electron chi connectivity index (χ2n) is 7.45. The maximum absolute atomic E-state index is 13.5. The van der Waals surface area contributed by atoms with Crippen molar-refractivity contribution in [1.82, 2.24) is 9.97 Å². The largest absolute Gasteiger partial charge is 0.494 e. The molecule has 158 valence electrons. The average molecular weight is 432 g/mol. The Balaban J connectivity index is 1.63. The van der Waals surface area contributed by atoms with Gasteiger partial charge in [-0.05, 0) is 66.9 Å². The van der Waals surface area contributed by atoms with E-state index in [1.165, 1.54) is 16.9 Å². The van der Waals surface area contributed by atoms with Crippen molar-refractivity contribution in [3.05, 3.63) is 83.7 Å². The summed E-state index contributed by atoms with van der Waals surface area (Å²) < 4.78 is 6.80. The molecule has 0 fully saturated rings. The van der Waals surface area contributed by atoms with E-state index in [0.29, 0.717) is 23.8 Å². The SMILES string of the molecule is CCCCOc1ccc(C(=O)N(Cc2cccnc2)c2nc3ccc(C)cc3s2)cc1. The van der Waals surface area contributed by atoms with Crippen LogP contribution in [-0.2, 0) is 6.54 Å². The van der Waals surface area contributed by atoms with Crippen molar-refractivity contribution in [3.8, 4) is 5.75 Å². The van der Waals surface area contributed by atoms with Crippen LogP contribution in [0.2, 0.25) is 0 Å². The van der Waals surface area contributed by atoms with Gasteiger partial charge in [-0.25, -0.2) is 4.98 Å². The van der Waals surface area contributed by atoms with Crippen molar-refractivity contribution >= 4 is 32.6 Å². The van der Waals surface area contributed by atoms with Crippen LogP contribution in [0, 0.1) is 6.92 Å². The van der Waals surface area contributed by atoms with Crippen molar-refractivity contribution in [1.29, 1.82) is 0 Å². The summed E-state index contributed by atoms with van der Waals surface area (Å²) >= 11 is 1.53. The van der Waals surface area contributed by atoms with Crippen LogP contribution in [0.4, 0.5) is 5.13 Å². The molecule has 2 heterocycles. The van der Waals surface area contributed by atoms with Crippen molar-refractivity contribution in [2.75, 3.05) is 11.5 Å². The fourth-order valence-corrected chi connectivity index (χ4v) is 4.28. The van der Waals surface area contributed by atoms with E-state index in [1.54, 1.807) is 17.3 Å². The first kappa shape index (κ1) is 21.0. The van der Waals surface area contributed by atoms with Gasteiger partial charge in [0.05, 0.1) is 23.4 Å². The molecule has 0 spiro atoms. The summed E-state index contributed by atoms with van der Waals surface area (Å²) in [5.41, 5.74) is 3.62. The molecule has 0 saturated carbocycles. The van der Waals surface area contributed by atoms with Crippen molar-refractivity contribution < 1.29 is 9.53 Å². The van der Waals surface area contributed by atoms with Crippen LogP contribution in [0.25, 0.3) is 10.2 Å². The molecule has 0 atom stereocenters. The zero-order chi connectivity index (χ0) is 21.6. The van der Waals surface area contributed by atoms with Gasteiger partial charge in [-0.1, -0.05) is 36.8 Å². The number of fused-ring (bicyclic) bond motifs is 1. The highest BCUT2D eigenvalue weighted by Crippen LogP contribution is 2.31. The van der Waals surface area contributed by atoms with E-state index < -0.39 is 0 Å². The van der Waals surface area contributed by atoms with Gasteiger partial charge in [-0.2, -0.15) is 0 Å². The molecule has 0 N–H and O–H groups in total. The first-order chi connectivity index (χ1) is 15.1. The van der Waals surface area contributed by atoms with Crippen LogP contribution < -0.4 is 9.64 Å². The maximum Gasteiger partial charge on any atom is 0.260 e. The second-order valence-corrected chi connectivity index (χ2v) is 8.46. The van der Waals surface area contributed by atoms with Crippen LogP contribution in [0.3, 0.4) is 0 Å². The Kier molecular flexibility index (Phi) is 6.57. The van der Waals surface area contributed by atoms with Crippen LogP contribution in [0.1, 0.15) is 41.3 Å². The molecule has 31 heavy (non-hydrogen) atoms. The van der Waals surface area contributed by atoms with Gasteiger partial charge in [0.2, 0.25) is 0 Å². The number of carbonyl (C=O) groups is 1. The maximum atomic E-state index is 13.5. The molecule has 4 aromatic rings. The van der Waals surface area contributed by atoms with Gasteiger partial charge in [0.1, 0.15) is 5.75 Å². The molecule has 0 aliphatic heterocycles. The smallest absolute Gasteiger partial charge is 0.260 e. The number of anilines is 1. The van der Waals surface area contributed by atoms with E-state index >= 15 is 0 Å². The van der Waals surface area contributed by atoms with Gasteiger partial charge in [0.15, 0.2) is 5.13 Å². The van der Waals surface area contributed by atoms with E-state index in [4.69, 9.17) is 9.72 Å². The number of carbonyl (C=O) groups excluding carboxylic acids is 1. The lowest BCUT2D eigenvalue weighted by atomic mass is 10.1. The fraction of sp³-hybridized carbons (Fsp3) is 0.240. The molecular weight excluding hydrogens is 406 g/mol. The molecule has 0 unspecified atom stereocenters. The summed E-state index contributed by atoms with van der Waals surface area (Å²) in [4.78, 5) is 24.2. The van der Waals surface area contributed by atoms with E-state index in [0.717, 1.165) is 34.4 Å². The predicted molar refractivity (Wildman–Crippen MR) is 126 cm³/mol. The van der Waals surface area contributed by atoms with E-state index in [2.05, 4.69) is 24.9 Å². The number of thiazole rings is 1. The number of hydrogen-bond acceptors (Lipinski definition) is 5. The molecule has 1 amide bonds. The number of amides is 1. The molecule has 0 radical (unpaired) electrons. The van der Waals surface area contributed by atoms with Crippen molar-refractivity contribution in [2.24, 2.45) is 0 Å². The van der Waals surface area contributed by atoms with Gasteiger partial charge >= 0.3 is 0 Å². The topological polar surface area (TPSA) is 55.3 Å². The molecule has 2 aromatic heterocycles. The summed E-state index contributed by atoms with van der Waals surface area (Å²) in [6, 6.07) is 17.3. The molecule has 0 bridgehead atoms. The summed E-state index contributed by atoms with van der Waals surface area (Å²) in [7, 11) is 0. The summed E-state index contributed by atoms with van der Waals surface area (Å²) in [6.45, 7) is 5.27. The Hall–Kier alpha value is -3.25. The molecule has 0 aliphatic rings. The van der Waals surface area contributed by atoms with Gasteiger partial charge in [0.25, 0.3) is 5.91 Å². The van der Waals surface area contributed by atoms with E-state index in [-0.39, 0.29) is 5.91 Å². The van der Waals surface area contributed by atoms with E-state index in [1.807, 2.05) is 48.5 Å².